The molecule has 0 radical (unpaired) electrons. The van der Waals surface area contributed by atoms with Gasteiger partial charge in [-0.1, -0.05) is 62.2 Å². The van der Waals surface area contributed by atoms with E-state index in [-0.39, 0.29) is 39.7 Å². The zero-order chi connectivity index (χ0) is 27.4. The number of carbonyl (C=O) groups is 2. The second-order valence-corrected chi connectivity index (χ2v) is 13.3. The van der Waals surface area contributed by atoms with Crippen LogP contribution in [0.3, 0.4) is 0 Å². The molecule has 1 aliphatic carbocycles. The minimum absolute atomic E-state index is 0.0400. The highest BCUT2D eigenvalue weighted by Gasteiger charge is 2.66. The van der Waals surface area contributed by atoms with E-state index >= 15 is 4.39 Å². The second-order valence-electron chi connectivity index (χ2n) is 12.4. The van der Waals surface area contributed by atoms with Crippen LogP contribution in [0.25, 0.3) is 0 Å². The van der Waals surface area contributed by atoms with Gasteiger partial charge in [0.2, 0.25) is 5.91 Å². The summed E-state index contributed by atoms with van der Waals surface area (Å²) in [7, 11) is 0. The van der Waals surface area contributed by atoms with Crippen molar-refractivity contribution in [3.05, 3.63) is 63.4 Å². The van der Waals surface area contributed by atoms with Gasteiger partial charge in [-0.2, -0.15) is 0 Å². The number of Topliss-reactive ketones (excluding diaryl/α,β-unsaturated/α-hetero) is 1. The summed E-state index contributed by atoms with van der Waals surface area (Å²) < 4.78 is 15.8. The van der Waals surface area contributed by atoms with Gasteiger partial charge in [0.25, 0.3) is 0 Å². The van der Waals surface area contributed by atoms with Crippen LogP contribution >= 0.6 is 23.2 Å². The number of rotatable bonds is 5. The highest BCUT2D eigenvalue weighted by atomic mass is 35.5. The van der Waals surface area contributed by atoms with Crippen molar-refractivity contribution in [3.63, 3.8) is 0 Å². The van der Waals surface area contributed by atoms with E-state index in [9.17, 15) is 14.7 Å². The summed E-state index contributed by atoms with van der Waals surface area (Å²) in [5.74, 6) is -1.57. The van der Waals surface area contributed by atoms with Crippen molar-refractivity contribution in [1.29, 1.82) is 0 Å². The summed E-state index contributed by atoms with van der Waals surface area (Å²) in [5, 5.41) is 16.9. The van der Waals surface area contributed by atoms with Crippen molar-refractivity contribution in [3.8, 4) is 0 Å². The molecule has 1 spiro atoms. The van der Waals surface area contributed by atoms with E-state index in [0.717, 1.165) is 12.8 Å². The van der Waals surface area contributed by atoms with Crippen LogP contribution in [0.4, 0.5) is 10.1 Å². The maximum Gasteiger partial charge on any atom is 0.237 e. The van der Waals surface area contributed by atoms with Crippen LogP contribution in [-0.4, -0.2) is 35.0 Å². The highest BCUT2D eigenvalue weighted by molar-refractivity contribution is 6.31. The second kappa shape index (κ2) is 10.2. The molecule has 2 fully saturated rings. The molecule has 2 aromatic carbocycles. The molecule has 2 aliphatic heterocycles. The number of benzene rings is 2. The number of ketones is 1. The van der Waals surface area contributed by atoms with Gasteiger partial charge in [-0.15, -0.1) is 0 Å². The molecule has 5 rings (SSSR count). The zero-order valence-corrected chi connectivity index (χ0v) is 23.5. The Bertz CT molecular complexity index is 1250. The molecular formula is C30H35Cl2FN2O3. The van der Waals surface area contributed by atoms with E-state index in [1.165, 1.54) is 6.07 Å². The summed E-state index contributed by atoms with van der Waals surface area (Å²) in [5.41, 5.74) is 0.146. The fourth-order valence-corrected chi connectivity index (χ4v) is 7.32. The molecule has 204 valence electrons. The molecular weight excluding hydrogens is 526 g/mol. The van der Waals surface area contributed by atoms with E-state index in [1.54, 1.807) is 24.3 Å². The molecule has 2 aromatic rings. The van der Waals surface area contributed by atoms with Gasteiger partial charge in [-0.25, -0.2) is 4.39 Å². The Morgan fingerprint density at radius 1 is 1.13 bits per heavy atom. The van der Waals surface area contributed by atoms with Crippen LogP contribution in [0.15, 0.2) is 36.4 Å². The summed E-state index contributed by atoms with van der Waals surface area (Å²) in [6.45, 7) is 6.28. The summed E-state index contributed by atoms with van der Waals surface area (Å²) in [4.78, 5) is 28.2. The Balaban J connectivity index is 1.67. The molecule has 3 N–H and O–H groups in total. The normalized spacial score (nSPS) is 30.9. The van der Waals surface area contributed by atoms with Gasteiger partial charge in [-0.3, -0.25) is 9.59 Å². The van der Waals surface area contributed by atoms with Gasteiger partial charge in [0.15, 0.2) is 5.78 Å². The molecule has 2 heterocycles. The largest absolute Gasteiger partial charge is 0.393 e. The Morgan fingerprint density at radius 3 is 2.53 bits per heavy atom. The van der Waals surface area contributed by atoms with E-state index in [0.29, 0.717) is 42.0 Å². The quantitative estimate of drug-likeness (QED) is 0.395. The fraction of sp³-hybridized carbons (Fsp3) is 0.533. The van der Waals surface area contributed by atoms with E-state index in [2.05, 4.69) is 31.4 Å². The molecule has 38 heavy (non-hydrogen) atoms. The number of aliphatic hydroxyl groups is 1. The predicted octanol–water partition coefficient (Wildman–Crippen LogP) is 6.39. The Kier molecular flexibility index (Phi) is 7.40. The van der Waals surface area contributed by atoms with Crippen molar-refractivity contribution >= 4 is 40.6 Å². The molecule has 5 nitrogen and oxygen atoms in total. The van der Waals surface area contributed by atoms with Crippen LogP contribution in [0, 0.1) is 17.2 Å². The summed E-state index contributed by atoms with van der Waals surface area (Å²) in [6.07, 6.45) is 3.48. The maximum absolute atomic E-state index is 15.8. The first kappa shape index (κ1) is 27.6. The minimum atomic E-state index is -1.23. The van der Waals surface area contributed by atoms with Gasteiger partial charge in [0, 0.05) is 29.1 Å². The van der Waals surface area contributed by atoms with Crippen LogP contribution in [0.2, 0.25) is 10.0 Å². The van der Waals surface area contributed by atoms with Crippen molar-refractivity contribution < 1.29 is 19.1 Å². The standard InChI is InChI=1S/C30H35Cl2FN2O3/c1-29(2,3)15-24-30(20-12-9-17(31)14-22(20)34-28(30)38)25(19-5-4-6-21(32)26(19)33)27(35-24)23(37)13-16-7-10-18(36)11-8-16/h4-6,9,12,14,16,18,24-25,27,35-36H,7-8,10-11,13,15H2,1-3H3,(H,34,38)/t16?,18?,24-,25+,27-,30+/m1/s1. The first-order valence-electron chi connectivity index (χ1n) is 13.4. The number of aliphatic hydroxyl groups excluding tert-OH is 1. The number of hydrogen-bond donors (Lipinski definition) is 3. The van der Waals surface area contributed by atoms with Crippen molar-refractivity contribution in [2.75, 3.05) is 5.32 Å². The fourth-order valence-electron chi connectivity index (χ4n) is 6.96. The Hall–Kier alpha value is -1.99. The van der Waals surface area contributed by atoms with Crippen LogP contribution in [0.5, 0.6) is 0 Å². The number of fused-ring (bicyclic) bond motifs is 2. The molecule has 1 saturated carbocycles. The monoisotopic (exact) mass is 560 g/mol. The van der Waals surface area contributed by atoms with Gasteiger partial charge in [0.1, 0.15) is 11.2 Å². The smallest absolute Gasteiger partial charge is 0.237 e. The predicted molar refractivity (Wildman–Crippen MR) is 148 cm³/mol. The third-order valence-electron chi connectivity index (χ3n) is 8.59. The first-order valence-corrected chi connectivity index (χ1v) is 14.2. The number of halogens is 3. The number of amides is 1. The SMILES string of the molecule is CC(C)(C)C[C@H]1N[C@H](C(=O)CC2CCC(O)CC2)[C@H](c2cccc(Cl)c2F)[C@@]12C(=O)Nc1cc(Cl)ccc12. The molecule has 1 amide bonds. The van der Waals surface area contributed by atoms with Gasteiger partial charge in [0.05, 0.1) is 17.2 Å². The van der Waals surface area contributed by atoms with Crippen LogP contribution < -0.4 is 10.6 Å². The van der Waals surface area contributed by atoms with Gasteiger partial charge >= 0.3 is 0 Å². The lowest BCUT2D eigenvalue weighted by Gasteiger charge is -2.38. The summed E-state index contributed by atoms with van der Waals surface area (Å²) in [6, 6.07) is 8.87. The molecule has 3 aliphatic rings. The van der Waals surface area contributed by atoms with Crippen LogP contribution in [0.1, 0.15) is 76.3 Å². The molecule has 0 bridgehead atoms. The van der Waals surface area contributed by atoms with Crippen molar-refractivity contribution in [1.82, 2.24) is 5.32 Å². The number of carbonyl (C=O) groups excluding carboxylic acids is 2. The first-order chi connectivity index (χ1) is 17.9. The van der Waals surface area contributed by atoms with Gasteiger partial charge < -0.3 is 15.7 Å². The zero-order valence-electron chi connectivity index (χ0n) is 22.0. The third-order valence-corrected chi connectivity index (χ3v) is 9.12. The Morgan fingerprint density at radius 2 is 1.84 bits per heavy atom. The topological polar surface area (TPSA) is 78.4 Å². The van der Waals surface area contributed by atoms with Gasteiger partial charge in [-0.05, 0) is 72.8 Å². The molecule has 4 atom stereocenters. The molecule has 0 aromatic heterocycles. The van der Waals surface area contributed by atoms with Crippen LogP contribution in [-0.2, 0) is 15.0 Å². The lowest BCUT2D eigenvalue weighted by molar-refractivity contribution is -0.123. The Labute approximate surface area is 233 Å². The highest BCUT2D eigenvalue weighted by Crippen LogP contribution is 2.57. The maximum atomic E-state index is 15.8. The number of hydrogen-bond acceptors (Lipinski definition) is 4. The minimum Gasteiger partial charge on any atom is -0.393 e. The summed E-state index contributed by atoms with van der Waals surface area (Å²) >= 11 is 12.6. The van der Waals surface area contributed by atoms with E-state index in [1.807, 2.05) is 6.07 Å². The molecule has 0 unspecified atom stereocenters. The average Bonchev–Trinajstić information content (AvgIpc) is 3.31. The number of anilines is 1. The lowest BCUT2D eigenvalue weighted by Crippen LogP contribution is -2.49. The molecule has 8 heteroatoms. The average molecular weight is 562 g/mol. The molecule has 1 saturated heterocycles. The lowest BCUT2D eigenvalue weighted by atomic mass is 9.62. The van der Waals surface area contributed by atoms with E-state index in [4.69, 9.17) is 23.2 Å². The number of nitrogens with one attached hydrogen (secondary N) is 2. The van der Waals surface area contributed by atoms with E-state index < -0.39 is 29.2 Å². The van der Waals surface area contributed by atoms with Crippen molar-refractivity contribution in [2.24, 2.45) is 11.3 Å². The third kappa shape index (κ3) is 4.78. The van der Waals surface area contributed by atoms with Crippen molar-refractivity contribution in [2.45, 2.75) is 88.8 Å².